The lowest BCUT2D eigenvalue weighted by molar-refractivity contribution is 0.0909. The largest absolute Gasteiger partial charge is 0.457 e. The molecule has 0 saturated carbocycles. The molecule has 120 valence electrons. The summed E-state index contributed by atoms with van der Waals surface area (Å²) in [5.41, 5.74) is 0.685. The van der Waals surface area contributed by atoms with E-state index in [1.54, 1.807) is 12.1 Å². The molecule has 2 aromatic rings. The van der Waals surface area contributed by atoms with Crippen molar-refractivity contribution in [3.05, 3.63) is 54.6 Å². The summed E-state index contributed by atoms with van der Waals surface area (Å²) < 4.78 is 11.1. The van der Waals surface area contributed by atoms with E-state index in [4.69, 9.17) is 9.47 Å². The highest BCUT2D eigenvalue weighted by molar-refractivity contribution is 5.84. The fourth-order valence-electron chi connectivity index (χ4n) is 2.44. The van der Waals surface area contributed by atoms with Crippen LogP contribution in [0.3, 0.4) is 0 Å². The Balaban J connectivity index is 1.51. The third-order valence-corrected chi connectivity index (χ3v) is 3.64. The summed E-state index contributed by atoms with van der Waals surface area (Å²) in [6, 6.07) is 16.8. The fraction of sp³-hybridized carbons (Fsp3) is 0.278. The molecule has 1 heterocycles. The second-order valence-corrected chi connectivity index (χ2v) is 5.42. The minimum absolute atomic E-state index is 0.00284. The topological polar surface area (TPSA) is 59.6 Å². The van der Waals surface area contributed by atoms with Crippen molar-refractivity contribution in [3.8, 4) is 11.5 Å². The van der Waals surface area contributed by atoms with Crippen molar-refractivity contribution >= 4 is 11.8 Å². The van der Waals surface area contributed by atoms with Crippen molar-refractivity contribution in [2.75, 3.05) is 18.4 Å². The molecule has 5 heteroatoms. The summed E-state index contributed by atoms with van der Waals surface area (Å²) in [6.45, 7) is 1.78. The number of para-hydroxylation sites is 1. The Morgan fingerprint density at radius 2 is 1.61 bits per heavy atom. The Morgan fingerprint density at radius 1 is 0.957 bits per heavy atom. The predicted octanol–water partition coefficient (Wildman–Crippen LogP) is 3.78. The molecule has 0 aromatic heterocycles. The van der Waals surface area contributed by atoms with Gasteiger partial charge in [-0.25, -0.2) is 4.79 Å². The maximum atomic E-state index is 11.9. The van der Waals surface area contributed by atoms with Gasteiger partial charge in [0.15, 0.2) is 0 Å². The van der Waals surface area contributed by atoms with E-state index in [9.17, 15) is 4.79 Å². The summed E-state index contributed by atoms with van der Waals surface area (Å²) in [7, 11) is 0. The first-order chi connectivity index (χ1) is 11.3. The SMILES string of the molecule is O=C(Nc1ccc(Oc2ccccc2)cc1)OC1CCNCC1. The van der Waals surface area contributed by atoms with E-state index in [1.807, 2.05) is 42.5 Å². The number of anilines is 1. The molecule has 2 aromatic carbocycles. The Morgan fingerprint density at radius 3 is 2.30 bits per heavy atom. The van der Waals surface area contributed by atoms with Crippen LogP contribution in [0.25, 0.3) is 0 Å². The first kappa shape index (κ1) is 15.4. The van der Waals surface area contributed by atoms with Gasteiger partial charge in [-0.05, 0) is 62.3 Å². The molecule has 0 aliphatic carbocycles. The lowest BCUT2D eigenvalue weighted by Gasteiger charge is -2.22. The van der Waals surface area contributed by atoms with E-state index >= 15 is 0 Å². The molecule has 1 amide bonds. The summed E-state index contributed by atoms with van der Waals surface area (Å²) in [4.78, 5) is 11.9. The Hall–Kier alpha value is -2.53. The maximum Gasteiger partial charge on any atom is 0.411 e. The number of rotatable bonds is 4. The molecule has 3 rings (SSSR count). The maximum absolute atomic E-state index is 11.9. The second kappa shape index (κ2) is 7.65. The lowest BCUT2D eigenvalue weighted by Crippen LogP contribution is -2.34. The van der Waals surface area contributed by atoms with Crippen LogP contribution >= 0.6 is 0 Å². The summed E-state index contributed by atoms with van der Waals surface area (Å²) in [5.74, 6) is 1.49. The average Bonchev–Trinajstić information content (AvgIpc) is 2.58. The van der Waals surface area contributed by atoms with Gasteiger partial charge in [-0.15, -0.1) is 0 Å². The van der Waals surface area contributed by atoms with Crippen LogP contribution in [0.5, 0.6) is 11.5 Å². The Bertz CT molecular complexity index is 622. The van der Waals surface area contributed by atoms with Crippen LogP contribution in [-0.2, 0) is 4.74 Å². The van der Waals surface area contributed by atoms with Gasteiger partial charge in [0.25, 0.3) is 0 Å². The molecule has 23 heavy (non-hydrogen) atoms. The molecule has 2 N–H and O–H groups in total. The zero-order chi connectivity index (χ0) is 15.9. The number of carbonyl (C=O) groups excluding carboxylic acids is 1. The smallest absolute Gasteiger partial charge is 0.411 e. The minimum atomic E-state index is -0.409. The Kier molecular flexibility index (Phi) is 5.11. The molecule has 0 radical (unpaired) electrons. The molecule has 0 atom stereocenters. The third-order valence-electron chi connectivity index (χ3n) is 3.64. The van der Waals surface area contributed by atoms with Crippen molar-refractivity contribution in [2.45, 2.75) is 18.9 Å². The number of benzene rings is 2. The normalized spacial score (nSPS) is 15.0. The molecule has 5 nitrogen and oxygen atoms in total. The van der Waals surface area contributed by atoms with Crippen LogP contribution in [0.1, 0.15) is 12.8 Å². The van der Waals surface area contributed by atoms with E-state index < -0.39 is 6.09 Å². The molecule has 1 aliphatic heterocycles. The number of carbonyl (C=O) groups is 1. The van der Waals surface area contributed by atoms with Gasteiger partial charge in [-0.3, -0.25) is 5.32 Å². The zero-order valence-electron chi connectivity index (χ0n) is 12.8. The first-order valence-electron chi connectivity index (χ1n) is 7.81. The minimum Gasteiger partial charge on any atom is -0.457 e. The van der Waals surface area contributed by atoms with Crippen molar-refractivity contribution in [1.29, 1.82) is 0 Å². The molecule has 0 unspecified atom stereocenters. The van der Waals surface area contributed by atoms with Crippen molar-refractivity contribution in [3.63, 3.8) is 0 Å². The van der Waals surface area contributed by atoms with Gasteiger partial charge < -0.3 is 14.8 Å². The number of hydrogen-bond acceptors (Lipinski definition) is 4. The highest BCUT2D eigenvalue weighted by Crippen LogP contribution is 2.22. The van der Waals surface area contributed by atoms with Crippen LogP contribution in [0.2, 0.25) is 0 Å². The van der Waals surface area contributed by atoms with E-state index in [0.717, 1.165) is 31.7 Å². The standard InChI is InChI=1S/C18H20N2O3/c21-18(23-17-10-12-19-13-11-17)20-14-6-8-16(9-7-14)22-15-4-2-1-3-5-15/h1-9,17,19H,10-13H2,(H,20,21). The summed E-state index contributed by atoms with van der Waals surface area (Å²) >= 11 is 0. The quantitative estimate of drug-likeness (QED) is 0.902. The molecular formula is C18H20N2O3. The van der Waals surface area contributed by atoms with E-state index in [2.05, 4.69) is 10.6 Å². The monoisotopic (exact) mass is 312 g/mol. The zero-order valence-corrected chi connectivity index (χ0v) is 12.8. The molecule has 0 bridgehead atoms. The van der Waals surface area contributed by atoms with Crippen LogP contribution in [-0.4, -0.2) is 25.3 Å². The first-order valence-corrected chi connectivity index (χ1v) is 7.81. The second-order valence-electron chi connectivity index (χ2n) is 5.42. The highest BCUT2D eigenvalue weighted by atomic mass is 16.6. The van der Waals surface area contributed by atoms with Crippen molar-refractivity contribution in [1.82, 2.24) is 5.32 Å². The van der Waals surface area contributed by atoms with Crippen LogP contribution in [0, 0.1) is 0 Å². The van der Waals surface area contributed by atoms with Crippen LogP contribution in [0.4, 0.5) is 10.5 Å². The van der Waals surface area contributed by atoms with Gasteiger partial charge in [0.1, 0.15) is 17.6 Å². The van der Waals surface area contributed by atoms with Gasteiger partial charge in [0.05, 0.1) is 0 Å². The predicted molar refractivity (Wildman–Crippen MR) is 89.0 cm³/mol. The van der Waals surface area contributed by atoms with Gasteiger partial charge in [-0.2, -0.15) is 0 Å². The van der Waals surface area contributed by atoms with Crippen LogP contribution < -0.4 is 15.4 Å². The molecule has 1 saturated heterocycles. The van der Waals surface area contributed by atoms with Gasteiger partial charge in [-0.1, -0.05) is 18.2 Å². The fourth-order valence-corrected chi connectivity index (χ4v) is 2.44. The summed E-state index contributed by atoms with van der Waals surface area (Å²) in [5, 5.41) is 5.98. The average molecular weight is 312 g/mol. The number of nitrogens with one attached hydrogen (secondary N) is 2. The number of amides is 1. The molecule has 1 fully saturated rings. The number of piperidine rings is 1. The van der Waals surface area contributed by atoms with Gasteiger partial charge in [0.2, 0.25) is 0 Å². The van der Waals surface area contributed by atoms with E-state index in [-0.39, 0.29) is 6.10 Å². The molecular weight excluding hydrogens is 292 g/mol. The van der Waals surface area contributed by atoms with Crippen LogP contribution in [0.15, 0.2) is 54.6 Å². The van der Waals surface area contributed by atoms with E-state index in [0.29, 0.717) is 11.4 Å². The van der Waals surface area contributed by atoms with Crippen molar-refractivity contribution < 1.29 is 14.3 Å². The lowest BCUT2D eigenvalue weighted by atomic mass is 10.1. The highest BCUT2D eigenvalue weighted by Gasteiger charge is 2.17. The molecule has 0 spiro atoms. The number of ether oxygens (including phenoxy) is 2. The van der Waals surface area contributed by atoms with E-state index in [1.165, 1.54) is 0 Å². The third kappa shape index (κ3) is 4.72. The Labute approximate surface area is 135 Å². The van der Waals surface area contributed by atoms with Crippen molar-refractivity contribution in [2.24, 2.45) is 0 Å². The molecule has 1 aliphatic rings. The summed E-state index contributed by atoms with van der Waals surface area (Å²) in [6.07, 6.45) is 1.31. The van der Waals surface area contributed by atoms with Gasteiger partial charge >= 0.3 is 6.09 Å². The number of hydrogen-bond donors (Lipinski definition) is 2. The van der Waals surface area contributed by atoms with Gasteiger partial charge in [0, 0.05) is 5.69 Å².